The third-order valence-electron chi connectivity index (χ3n) is 5.67. The molecule has 0 radical (unpaired) electrons. The van der Waals surface area contributed by atoms with Gasteiger partial charge in [-0.25, -0.2) is 0 Å². The van der Waals surface area contributed by atoms with E-state index in [0.29, 0.717) is 12.0 Å². The minimum absolute atomic E-state index is 0.490. The summed E-state index contributed by atoms with van der Waals surface area (Å²) in [6, 6.07) is 0. The van der Waals surface area contributed by atoms with E-state index in [1.807, 2.05) is 0 Å². The first-order chi connectivity index (χ1) is 12.7. The van der Waals surface area contributed by atoms with Crippen molar-refractivity contribution in [2.45, 2.75) is 149 Å². The van der Waals surface area contributed by atoms with Crippen molar-refractivity contribution in [2.24, 2.45) is 5.92 Å². The van der Waals surface area contributed by atoms with E-state index in [4.69, 9.17) is 4.74 Å². The van der Waals surface area contributed by atoms with E-state index >= 15 is 0 Å². The first-order valence-electron chi connectivity index (χ1n) is 12.3. The molecule has 158 valence electrons. The van der Waals surface area contributed by atoms with Crippen LogP contribution in [0.2, 0.25) is 0 Å². The van der Waals surface area contributed by atoms with Gasteiger partial charge in [0.05, 0.1) is 6.10 Å². The normalized spacial score (nSPS) is 12.8. The molecule has 0 rings (SSSR count). The van der Waals surface area contributed by atoms with Crippen molar-refractivity contribution in [1.29, 1.82) is 0 Å². The summed E-state index contributed by atoms with van der Waals surface area (Å²) in [7, 11) is 0. The summed E-state index contributed by atoms with van der Waals surface area (Å²) in [4.78, 5) is 0. The highest BCUT2D eigenvalue weighted by Crippen LogP contribution is 2.18. The van der Waals surface area contributed by atoms with E-state index in [1.165, 1.54) is 116 Å². The summed E-state index contributed by atoms with van der Waals surface area (Å²) in [5.41, 5.74) is 0. The van der Waals surface area contributed by atoms with Gasteiger partial charge in [-0.15, -0.1) is 0 Å². The third kappa shape index (κ3) is 18.7. The van der Waals surface area contributed by atoms with E-state index in [2.05, 4.69) is 27.7 Å². The van der Waals surface area contributed by atoms with E-state index in [0.717, 1.165) is 6.61 Å². The smallest absolute Gasteiger partial charge is 0.0598 e. The first-order valence-corrected chi connectivity index (χ1v) is 12.3. The van der Waals surface area contributed by atoms with Gasteiger partial charge in [-0.3, -0.25) is 0 Å². The lowest BCUT2D eigenvalue weighted by atomic mass is 9.99. The Hall–Kier alpha value is -0.0400. The van der Waals surface area contributed by atoms with Gasteiger partial charge in [0.15, 0.2) is 0 Å². The van der Waals surface area contributed by atoms with Crippen LogP contribution in [0.15, 0.2) is 0 Å². The molecule has 1 atom stereocenters. The molecule has 0 N–H and O–H groups in total. The minimum atomic E-state index is 0.490. The van der Waals surface area contributed by atoms with Gasteiger partial charge in [-0.1, -0.05) is 130 Å². The molecule has 0 aliphatic carbocycles. The second-order valence-electron chi connectivity index (χ2n) is 8.75. The Morgan fingerprint density at radius 2 is 0.885 bits per heavy atom. The highest BCUT2D eigenvalue weighted by atomic mass is 16.5. The highest BCUT2D eigenvalue weighted by Gasteiger charge is 2.13. The SMILES string of the molecule is CCCCCCCCCCC[C@@H](OCCCCCCCCCC)C(C)C. The fourth-order valence-corrected chi connectivity index (χ4v) is 3.74. The van der Waals surface area contributed by atoms with Crippen LogP contribution in [-0.4, -0.2) is 12.7 Å². The molecule has 0 aliphatic rings. The molecule has 0 bridgehead atoms. The molecule has 0 saturated carbocycles. The van der Waals surface area contributed by atoms with Gasteiger partial charge in [0.25, 0.3) is 0 Å². The average molecular weight is 369 g/mol. The monoisotopic (exact) mass is 368 g/mol. The van der Waals surface area contributed by atoms with Crippen molar-refractivity contribution < 1.29 is 4.74 Å². The number of unbranched alkanes of at least 4 members (excludes halogenated alkanes) is 15. The number of ether oxygens (including phenoxy) is 1. The van der Waals surface area contributed by atoms with Crippen molar-refractivity contribution in [3.05, 3.63) is 0 Å². The maximum Gasteiger partial charge on any atom is 0.0598 e. The zero-order valence-corrected chi connectivity index (χ0v) is 19.0. The summed E-state index contributed by atoms with van der Waals surface area (Å²) < 4.78 is 6.22. The molecule has 0 amide bonds. The van der Waals surface area contributed by atoms with Gasteiger partial charge in [-0.05, 0) is 18.8 Å². The molecular formula is C25H52O. The molecule has 26 heavy (non-hydrogen) atoms. The second-order valence-corrected chi connectivity index (χ2v) is 8.75. The van der Waals surface area contributed by atoms with Crippen LogP contribution in [0.25, 0.3) is 0 Å². The van der Waals surface area contributed by atoms with Gasteiger partial charge < -0.3 is 4.74 Å². The first kappa shape index (κ1) is 26.0. The maximum atomic E-state index is 6.22. The highest BCUT2D eigenvalue weighted by molar-refractivity contribution is 4.63. The van der Waals surface area contributed by atoms with Crippen molar-refractivity contribution in [1.82, 2.24) is 0 Å². The Kier molecular flexibility index (Phi) is 21.2. The fourth-order valence-electron chi connectivity index (χ4n) is 3.74. The summed E-state index contributed by atoms with van der Waals surface area (Å²) in [6.07, 6.45) is 25.6. The van der Waals surface area contributed by atoms with Crippen molar-refractivity contribution in [3.8, 4) is 0 Å². The molecule has 0 aromatic heterocycles. The van der Waals surface area contributed by atoms with E-state index in [-0.39, 0.29) is 0 Å². The molecular weight excluding hydrogens is 316 g/mol. The molecule has 1 heteroatoms. The predicted molar refractivity (Wildman–Crippen MR) is 119 cm³/mol. The molecule has 0 spiro atoms. The average Bonchev–Trinajstić information content (AvgIpc) is 2.63. The zero-order chi connectivity index (χ0) is 19.3. The summed E-state index contributed by atoms with van der Waals surface area (Å²) in [5, 5.41) is 0. The molecule has 0 saturated heterocycles. The third-order valence-corrected chi connectivity index (χ3v) is 5.67. The quantitative estimate of drug-likeness (QED) is 0.183. The Morgan fingerprint density at radius 1 is 0.500 bits per heavy atom. The van der Waals surface area contributed by atoms with Crippen LogP contribution >= 0.6 is 0 Å². The van der Waals surface area contributed by atoms with Crippen molar-refractivity contribution in [3.63, 3.8) is 0 Å². The van der Waals surface area contributed by atoms with Crippen LogP contribution in [0.5, 0.6) is 0 Å². The zero-order valence-electron chi connectivity index (χ0n) is 19.0. The number of hydrogen-bond acceptors (Lipinski definition) is 1. The Bertz CT molecular complexity index is 227. The Morgan fingerprint density at radius 3 is 1.31 bits per heavy atom. The summed E-state index contributed by atoms with van der Waals surface area (Å²) >= 11 is 0. The minimum Gasteiger partial charge on any atom is -0.378 e. The fraction of sp³-hybridized carbons (Fsp3) is 1.00. The van der Waals surface area contributed by atoms with Crippen LogP contribution < -0.4 is 0 Å². The van der Waals surface area contributed by atoms with E-state index in [9.17, 15) is 0 Å². The molecule has 1 nitrogen and oxygen atoms in total. The summed E-state index contributed by atoms with van der Waals surface area (Å²) in [6.45, 7) is 10.2. The van der Waals surface area contributed by atoms with Gasteiger partial charge in [0, 0.05) is 6.61 Å². The van der Waals surface area contributed by atoms with Crippen LogP contribution in [-0.2, 0) is 4.74 Å². The van der Waals surface area contributed by atoms with E-state index in [1.54, 1.807) is 0 Å². The van der Waals surface area contributed by atoms with Crippen molar-refractivity contribution in [2.75, 3.05) is 6.61 Å². The van der Waals surface area contributed by atoms with Gasteiger partial charge in [0.1, 0.15) is 0 Å². The lowest BCUT2D eigenvalue weighted by Gasteiger charge is -2.21. The predicted octanol–water partition coefficient (Wildman–Crippen LogP) is 9.09. The lowest BCUT2D eigenvalue weighted by molar-refractivity contribution is 0.0131. The Balaban J connectivity index is 3.45. The number of hydrogen-bond donors (Lipinski definition) is 0. The lowest BCUT2D eigenvalue weighted by Crippen LogP contribution is -2.20. The van der Waals surface area contributed by atoms with Gasteiger partial charge in [0.2, 0.25) is 0 Å². The van der Waals surface area contributed by atoms with Crippen LogP contribution in [0.4, 0.5) is 0 Å². The molecule has 0 fully saturated rings. The molecule has 0 aliphatic heterocycles. The Labute approximate surface area is 167 Å². The summed E-state index contributed by atoms with van der Waals surface area (Å²) in [5.74, 6) is 0.665. The largest absolute Gasteiger partial charge is 0.378 e. The topological polar surface area (TPSA) is 9.23 Å². The maximum absolute atomic E-state index is 6.22. The van der Waals surface area contributed by atoms with Crippen LogP contribution in [0.1, 0.15) is 143 Å². The molecule has 0 unspecified atom stereocenters. The van der Waals surface area contributed by atoms with Gasteiger partial charge in [-0.2, -0.15) is 0 Å². The standard InChI is InChI=1S/C25H52O/c1-5-7-9-11-13-15-16-18-20-22-25(24(3)4)26-23-21-19-17-14-12-10-8-6-2/h24-25H,5-23H2,1-4H3/t25-/m1/s1. The van der Waals surface area contributed by atoms with Gasteiger partial charge >= 0.3 is 0 Å². The van der Waals surface area contributed by atoms with Crippen molar-refractivity contribution >= 4 is 0 Å². The van der Waals surface area contributed by atoms with Crippen LogP contribution in [0.3, 0.4) is 0 Å². The second kappa shape index (κ2) is 21.3. The molecule has 0 aromatic carbocycles. The molecule has 0 heterocycles. The van der Waals surface area contributed by atoms with Crippen LogP contribution in [0, 0.1) is 5.92 Å². The van der Waals surface area contributed by atoms with E-state index < -0.39 is 0 Å². The number of rotatable bonds is 21. The molecule has 0 aromatic rings.